The highest BCUT2D eigenvalue weighted by Crippen LogP contribution is 2.32. The van der Waals surface area contributed by atoms with Crippen molar-refractivity contribution in [2.24, 2.45) is 0 Å². The molecule has 1 N–H and O–H groups in total. The van der Waals surface area contributed by atoms with Crippen molar-refractivity contribution in [1.82, 2.24) is 9.62 Å². The van der Waals surface area contributed by atoms with Gasteiger partial charge in [0.15, 0.2) is 0 Å². The monoisotopic (exact) mass is 476 g/mol. The number of rotatable bonds is 6. The largest absolute Gasteiger partial charge is 0.379 e. The number of ether oxygens (including phenoxy) is 1. The maximum atomic E-state index is 12.8. The number of morpholine rings is 1. The molecule has 162 valence electrons. The van der Waals surface area contributed by atoms with Crippen molar-refractivity contribution in [3.63, 3.8) is 0 Å². The molecular weight excluding hydrogens is 456 g/mol. The third-order valence-corrected chi connectivity index (χ3v) is 8.84. The van der Waals surface area contributed by atoms with Crippen LogP contribution in [0.4, 0.5) is 0 Å². The third kappa shape index (κ3) is 4.99. The molecular formula is C22H21ClN2O4S2. The lowest BCUT2D eigenvalue weighted by molar-refractivity contribution is 0.0731. The number of halogens is 1. The number of sulfonamides is 1. The number of amides is 1. The predicted molar refractivity (Wildman–Crippen MR) is 122 cm³/mol. The fourth-order valence-electron chi connectivity index (χ4n) is 3.23. The van der Waals surface area contributed by atoms with Crippen LogP contribution in [0.5, 0.6) is 0 Å². The highest BCUT2D eigenvalue weighted by Gasteiger charge is 2.27. The summed E-state index contributed by atoms with van der Waals surface area (Å²) in [7, 11) is -3.51. The molecule has 6 nitrogen and oxygen atoms in total. The topological polar surface area (TPSA) is 75.7 Å². The molecule has 0 spiro atoms. The molecule has 4 rings (SSSR count). The van der Waals surface area contributed by atoms with E-state index in [1.54, 1.807) is 30.3 Å². The van der Waals surface area contributed by atoms with E-state index in [-0.39, 0.29) is 5.91 Å². The molecule has 0 saturated carbocycles. The van der Waals surface area contributed by atoms with Gasteiger partial charge in [-0.1, -0.05) is 41.9 Å². The standard InChI is InChI=1S/C22H21ClN2O4S2/c23-19-4-2-1-3-18(19)15-24-22(26)17-7-5-16(6-8-17)20-9-10-21(30-20)31(27,28)25-11-13-29-14-12-25/h1-10H,11-15H2,(H,24,26). The van der Waals surface area contributed by atoms with E-state index in [9.17, 15) is 13.2 Å². The van der Waals surface area contributed by atoms with Crippen LogP contribution in [0.25, 0.3) is 10.4 Å². The Morgan fingerprint density at radius 3 is 2.45 bits per heavy atom. The number of nitrogens with one attached hydrogen (secondary N) is 1. The molecule has 2 heterocycles. The van der Waals surface area contributed by atoms with Crippen LogP contribution < -0.4 is 5.32 Å². The lowest BCUT2D eigenvalue weighted by atomic mass is 10.1. The molecule has 31 heavy (non-hydrogen) atoms. The van der Waals surface area contributed by atoms with Gasteiger partial charge in [-0.15, -0.1) is 11.3 Å². The average molecular weight is 477 g/mol. The number of carbonyl (C=O) groups excluding carboxylic acids is 1. The van der Waals surface area contributed by atoms with Crippen molar-refractivity contribution in [2.75, 3.05) is 26.3 Å². The molecule has 1 aromatic heterocycles. The Morgan fingerprint density at radius 1 is 1.03 bits per heavy atom. The Kier molecular flexibility index (Phi) is 6.74. The summed E-state index contributed by atoms with van der Waals surface area (Å²) in [6.07, 6.45) is 0. The van der Waals surface area contributed by atoms with Gasteiger partial charge in [-0.25, -0.2) is 8.42 Å². The van der Waals surface area contributed by atoms with E-state index in [1.807, 2.05) is 30.3 Å². The van der Waals surface area contributed by atoms with Crippen molar-refractivity contribution >= 4 is 38.9 Å². The Labute approximate surface area is 190 Å². The summed E-state index contributed by atoms with van der Waals surface area (Å²) in [5, 5.41) is 3.47. The van der Waals surface area contributed by atoms with Gasteiger partial charge in [0.25, 0.3) is 15.9 Å². The average Bonchev–Trinajstić information content (AvgIpc) is 3.30. The third-order valence-electron chi connectivity index (χ3n) is 4.97. The summed E-state index contributed by atoms with van der Waals surface area (Å²) in [5.41, 5.74) is 2.23. The van der Waals surface area contributed by atoms with Gasteiger partial charge in [-0.05, 0) is 41.5 Å². The van der Waals surface area contributed by atoms with Crippen LogP contribution in [0.2, 0.25) is 5.02 Å². The fraction of sp³-hybridized carbons (Fsp3) is 0.227. The SMILES string of the molecule is O=C(NCc1ccccc1Cl)c1ccc(-c2ccc(S(=O)(=O)N3CCOCC3)s2)cc1. The summed E-state index contributed by atoms with van der Waals surface area (Å²) < 4.78 is 32.6. The van der Waals surface area contributed by atoms with Crippen LogP contribution >= 0.6 is 22.9 Å². The van der Waals surface area contributed by atoms with Gasteiger partial charge in [-0.2, -0.15) is 4.31 Å². The first kappa shape index (κ1) is 22.0. The van der Waals surface area contributed by atoms with E-state index >= 15 is 0 Å². The minimum atomic E-state index is -3.51. The quantitative estimate of drug-likeness (QED) is 0.583. The van der Waals surface area contributed by atoms with Gasteiger partial charge >= 0.3 is 0 Å². The second-order valence-electron chi connectivity index (χ2n) is 6.99. The normalized spacial score (nSPS) is 15.0. The maximum absolute atomic E-state index is 12.8. The molecule has 9 heteroatoms. The number of hydrogen-bond acceptors (Lipinski definition) is 5. The van der Waals surface area contributed by atoms with Crippen molar-refractivity contribution in [2.45, 2.75) is 10.8 Å². The van der Waals surface area contributed by atoms with Crippen molar-refractivity contribution in [1.29, 1.82) is 0 Å². The first-order valence-corrected chi connectivity index (χ1v) is 12.4. The van der Waals surface area contributed by atoms with Crippen LogP contribution in [0.15, 0.2) is 64.9 Å². The van der Waals surface area contributed by atoms with E-state index in [1.165, 1.54) is 15.6 Å². The fourth-order valence-corrected chi connectivity index (χ4v) is 6.31. The number of benzene rings is 2. The second-order valence-corrected chi connectivity index (χ2v) is 10.6. The number of hydrogen-bond donors (Lipinski definition) is 1. The lowest BCUT2D eigenvalue weighted by Gasteiger charge is -2.25. The summed E-state index contributed by atoms with van der Waals surface area (Å²) in [4.78, 5) is 13.3. The number of thiophene rings is 1. The Balaban J connectivity index is 1.44. The van der Waals surface area contributed by atoms with Crippen LogP contribution in [0, 0.1) is 0 Å². The summed E-state index contributed by atoms with van der Waals surface area (Å²) in [6.45, 7) is 1.91. The molecule has 1 saturated heterocycles. The van der Waals surface area contributed by atoms with Gasteiger partial charge in [0, 0.05) is 35.1 Å². The summed E-state index contributed by atoms with van der Waals surface area (Å²) in [5.74, 6) is -0.201. The van der Waals surface area contributed by atoms with Gasteiger partial charge in [0.2, 0.25) is 0 Å². The first-order valence-electron chi connectivity index (χ1n) is 9.75. The van der Waals surface area contributed by atoms with E-state index < -0.39 is 10.0 Å². The zero-order valence-corrected chi connectivity index (χ0v) is 19.0. The highest BCUT2D eigenvalue weighted by atomic mass is 35.5. The van der Waals surface area contributed by atoms with E-state index in [0.717, 1.165) is 16.0 Å². The maximum Gasteiger partial charge on any atom is 0.252 e. The van der Waals surface area contributed by atoms with Crippen LogP contribution in [-0.2, 0) is 21.3 Å². The zero-order chi connectivity index (χ0) is 21.8. The molecule has 1 fully saturated rings. The van der Waals surface area contributed by atoms with Crippen LogP contribution in [0.1, 0.15) is 15.9 Å². The molecule has 0 bridgehead atoms. The first-order chi connectivity index (χ1) is 14.9. The molecule has 2 aromatic carbocycles. The zero-order valence-electron chi connectivity index (χ0n) is 16.6. The molecule has 3 aromatic rings. The molecule has 1 aliphatic heterocycles. The smallest absolute Gasteiger partial charge is 0.252 e. The molecule has 0 radical (unpaired) electrons. The summed E-state index contributed by atoms with van der Waals surface area (Å²) in [6, 6.07) is 17.9. The molecule has 0 aliphatic carbocycles. The molecule has 1 aliphatic rings. The van der Waals surface area contributed by atoms with Crippen molar-refractivity contribution < 1.29 is 17.9 Å². The van der Waals surface area contributed by atoms with Crippen molar-refractivity contribution in [3.05, 3.63) is 76.8 Å². The van der Waals surface area contributed by atoms with Gasteiger partial charge < -0.3 is 10.1 Å². The second kappa shape index (κ2) is 9.50. The van der Waals surface area contributed by atoms with Gasteiger partial charge in [0.05, 0.1) is 13.2 Å². The minimum absolute atomic E-state index is 0.201. The predicted octanol–water partition coefficient (Wildman–Crippen LogP) is 4.02. The lowest BCUT2D eigenvalue weighted by Crippen LogP contribution is -2.40. The Morgan fingerprint density at radius 2 is 1.74 bits per heavy atom. The summed E-state index contributed by atoms with van der Waals surface area (Å²) >= 11 is 7.35. The minimum Gasteiger partial charge on any atom is -0.379 e. The Bertz CT molecular complexity index is 1170. The van der Waals surface area contributed by atoms with E-state index in [2.05, 4.69) is 5.32 Å². The molecule has 0 unspecified atom stereocenters. The molecule has 1 amide bonds. The van der Waals surface area contributed by atoms with Crippen LogP contribution in [0.3, 0.4) is 0 Å². The number of carbonyl (C=O) groups is 1. The van der Waals surface area contributed by atoms with E-state index in [4.69, 9.17) is 16.3 Å². The van der Waals surface area contributed by atoms with Crippen molar-refractivity contribution in [3.8, 4) is 10.4 Å². The van der Waals surface area contributed by atoms with E-state index in [0.29, 0.717) is 47.6 Å². The highest BCUT2D eigenvalue weighted by molar-refractivity contribution is 7.91. The number of nitrogens with zero attached hydrogens (tertiary/aromatic N) is 1. The van der Waals surface area contributed by atoms with Crippen LogP contribution in [-0.4, -0.2) is 44.9 Å². The Hall–Kier alpha value is -2.23. The molecule has 0 atom stereocenters. The van der Waals surface area contributed by atoms with Gasteiger partial charge in [-0.3, -0.25) is 4.79 Å². The van der Waals surface area contributed by atoms with Gasteiger partial charge in [0.1, 0.15) is 4.21 Å².